The monoisotopic (exact) mass is 399 g/mol. The molecule has 0 unspecified atom stereocenters. The molecule has 1 aromatic carbocycles. The van der Waals surface area contributed by atoms with Gasteiger partial charge < -0.3 is 10.1 Å². The van der Waals surface area contributed by atoms with Crippen LogP contribution in [0.2, 0.25) is 0 Å². The summed E-state index contributed by atoms with van der Waals surface area (Å²) in [5.74, 6) is 0.166. The van der Waals surface area contributed by atoms with Crippen molar-refractivity contribution in [2.45, 2.75) is 20.0 Å². The van der Waals surface area contributed by atoms with Crippen molar-refractivity contribution < 1.29 is 9.53 Å². The number of nitrogens with zero attached hydrogens (tertiary/aromatic N) is 1. The number of amides is 1. The molecule has 0 aliphatic carbocycles. The molecule has 2 N–H and O–H groups in total. The van der Waals surface area contributed by atoms with Crippen molar-refractivity contribution in [3.8, 4) is 5.75 Å². The maximum atomic E-state index is 12.4. The lowest BCUT2D eigenvalue weighted by atomic mass is 10.2. The predicted octanol–water partition coefficient (Wildman–Crippen LogP) is 3.82. The number of aromatic nitrogens is 1. The van der Waals surface area contributed by atoms with Gasteiger partial charge in [0.15, 0.2) is 10.2 Å². The van der Waals surface area contributed by atoms with Gasteiger partial charge in [0.1, 0.15) is 5.75 Å². The zero-order chi connectivity index (χ0) is 16.1. The molecule has 0 aliphatic rings. The number of anilines is 1. The molecule has 0 spiro atoms. The van der Waals surface area contributed by atoms with E-state index in [2.05, 4.69) is 31.5 Å². The predicted molar refractivity (Wildman–Crippen MR) is 95.7 cm³/mol. The first-order valence-corrected chi connectivity index (χ1v) is 8.52. The summed E-state index contributed by atoms with van der Waals surface area (Å²) in [5, 5.41) is 8.10. The van der Waals surface area contributed by atoms with Gasteiger partial charge in [-0.05, 0) is 44.3 Å². The normalized spacial score (nSPS) is 10.4. The lowest BCUT2D eigenvalue weighted by Crippen LogP contribution is -2.34. The molecule has 5 nitrogen and oxygen atoms in total. The van der Waals surface area contributed by atoms with Gasteiger partial charge in [-0.3, -0.25) is 10.1 Å². The van der Waals surface area contributed by atoms with Crippen molar-refractivity contribution in [2.24, 2.45) is 0 Å². The van der Waals surface area contributed by atoms with Gasteiger partial charge in [-0.15, -0.1) is 11.3 Å². The fraction of sp³-hybridized carbons (Fsp3) is 0.214. The van der Waals surface area contributed by atoms with Crippen LogP contribution in [0.25, 0.3) is 0 Å². The van der Waals surface area contributed by atoms with Gasteiger partial charge in [-0.25, -0.2) is 4.98 Å². The zero-order valence-electron chi connectivity index (χ0n) is 11.9. The summed E-state index contributed by atoms with van der Waals surface area (Å²) in [6, 6.07) is 5.26. The van der Waals surface area contributed by atoms with Crippen LogP contribution in [0.3, 0.4) is 0 Å². The van der Waals surface area contributed by atoms with Crippen LogP contribution in [0.1, 0.15) is 24.2 Å². The van der Waals surface area contributed by atoms with E-state index in [9.17, 15) is 4.79 Å². The molecule has 0 aliphatic heterocycles. The maximum absolute atomic E-state index is 12.4. The van der Waals surface area contributed by atoms with Crippen molar-refractivity contribution >= 4 is 55.6 Å². The van der Waals surface area contributed by atoms with E-state index in [1.807, 2.05) is 25.3 Å². The Morgan fingerprint density at radius 1 is 1.45 bits per heavy atom. The summed E-state index contributed by atoms with van der Waals surface area (Å²) in [5.41, 5.74) is 0.409. The van der Waals surface area contributed by atoms with Crippen LogP contribution in [0, 0.1) is 0 Å². The number of halogens is 1. The first-order chi connectivity index (χ1) is 10.5. The van der Waals surface area contributed by atoms with Crippen LogP contribution in [-0.4, -0.2) is 22.1 Å². The highest BCUT2D eigenvalue weighted by Gasteiger charge is 2.16. The highest BCUT2D eigenvalue weighted by Crippen LogP contribution is 2.24. The van der Waals surface area contributed by atoms with E-state index in [0.717, 1.165) is 4.47 Å². The summed E-state index contributed by atoms with van der Waals surface area (Å²) < 4.78 is 6.44. The molecule has 2 rings (SSSR count). The molecule has 22 heavy (non-hydrogen) atoms. The minimum Gasteiger partial charge on any atom is -0.490 e. The van der Waals surface area contributed by atoms with Crippen molar-refractivity contribution in [2.75, 3.05) is 5.32 Å². The topological polar surface area (TPSA) is 63.2 Å². The first-order valence-electron chi connectivity index (χ1n) is 6.43. The van der Waals surface area contributed by atoms with Crippen molar-refractivity contribution in [3.05, 3.63) is 39.8 Å². The van der Waals surface area contributed by atoms with E-state index in [1.54, 1.807) is 18.3 Å². The Hall–Kier alpha value is -1.51. The average Bonchev–Trinajstić information content (AvgIpc) is 2.92. The molecular weight excluding hydrogens is 386 g/mol. The summed E-state index contributed by atoms with van der Waals surface area (Å²) in [6.07, 6.45) is 1.62. The average molecular weight is 400 g/mol. The minimum atomic E-state index is -0.342. The van der Waals surface area contributed by atoms with Crippen LogP contribution >= 0.6 is 39.5 Å². The quantitative estimate of drug-likeness (QED) is 0.764. The molecule has 0 bridgehead atoms. The lowest BCUT2D eigenvalue weighted by molar-refractivity contribution is 0.0972. The molecule has 1 aromatic heterocycles. The molecule has 0 saturated carbocycles. The Bertz CT molecular complexity index is 675. The second-order valence-electron chi connectivity index (χ2n) is 4.55. The Morgan fingerprint density at radius 3 is 2.86 bits per heavy atom. The number of thiocarbonyl (C=S) groups is 1. The highest BCUT2D eigenvalue weighted by atomic mass is 79.9. The summed E-state index contributed by atoms with van der Waals surface area (Å²) in [7, 11) is 0. The molecule has 116 valence electrons. The van der Waals surface area contributed by atoms with Crippen LogP contribution < -0.4 is 15.4 Å². The standard InChI is InChI=1S/C14H14BrN3O2S2/c1-8(2)20-11-4-3-9(15)7-10(11)12(19)17-13(21)18-14-16-5-6-22-14/h3-8H,1-2H3,(H2,16,17,18,19,21). The largest absolute Gasteiger partial charge is 0.490 e. The minimum absolute atomic E-state index is 0.0341. The van der Waals surface area contributed by atoms with Gasteiger partial charge in [-0.1, -0.05) is 15.9 Å². The summed E-state index contributed by atoms with van der Waals surface area (Å²) >= 11 is 9.86. The van der Waals surface area contributed by atoms with Crippen LogP contribution in [0.4, 0.5) is 5.13 Å². The van der Waals surface area contributed by atoms with Crippen molar-refractivity contribution in [1.29, 1.82) is 0 Å². The number of benzene rings is 1. The van der Waals surface area contributed by atoms with Gasteiger partial charge in [0.2, 0.25) is 0 Å². The smallest absolute Gasteiger partial charge is 0.261 e. The zero-order valence-corrected chi connectivity index (χ0v) is 15.1. The van der Waals surface area contributed by atoms with Crippen LogP contribution in [-0.2, 0) is 0 Å². The van der Waals surface area contributed by atoms with Gasteiger partial charge in [-0.2, -0.15) is 0 Å². The molecular formula is C14H14BrN3O2S2. The van der Waals surface area contributed by atoms with E-state index >= 15 is 0 Å². The van der Waals surface area contributed by atoms with Gasteiger partial charge in [0.05, 0.1) is 11.7 Å². The van der Waals surface area contributed by atoms with Crippen molar-refractivity contribution in [1.82, 2.24) is 10.3 Å². The number of carbonyl (C=O) groups excluding carboxylic acids is 1. The fourth-order valence-corrected chi connectivity index (χ4v) is 2.77. The fourth-order valence-electron chi connectivity index (χ4n) is 1.62. The third kappa shape index (κ3) is 4.75. The Morgan fingerprint density at radius 2 is 2.23 bits per heavy atom. The van der Waals surface area contributed by atoms with E-state index in [1.165, 1.54) is 11.3 Å². The van der Waals surface area contributed by atoms with E-state index in [4.69, 9.17) is 17.0 Å². The number of hydrogen-bond donors (Lipinski definition) is 2. The SMILES string of the molecule is CC(C)Oc1ccc(Br)cc1C(=O)NC(=S)Nc1nccs1. The molecule has 0 radical (unpaired) electrons. The maximum Gasteiger partial charge on any atom is 0.261 e. The van der Waals surface area contributed by atoms with E-state index in [-0.39, 0.29) is 17.1 Å². The molecule has 0 atom stereocenters. The third-order valence-corrected chi connectivity index (χ3v) is 3.81. The second-order valence-corrected chi connectivity index (χ2v) is 6.77. The number of ether oxygens (including phenoxy) is 1. The van der Waals surface area contributed by atoms with Gasteiger partial charge >= 0.3 is 0 Å². The molecule has 8 heteroatoms. The van der Waals surface area contributed by atoms with Gasteiger partial charge in [0, 0.05) is 16.0 Å². The second kappa shape index (κ2) is 7.66. The molecule has 1 heterocycles. The Kier molecular flexibility index (Phi) is 5.87. The van der Waals surface area contributed by atoms with E-state index < -0.39 is 0 Å². The number of rotatable bonds is 4. The number of nitrogens with one attached hydrogen (secondary N) is 2. The van der Waals surface area contributed by atoms with E-state index in [0.29, 0.717) is 16.4 Å². The highest BCUT2D eigenvalue weighted by molar-refractivity contribution is 9.10. The number of carbonyl (C=O) groups is 1. The lowest BCUT2D eigenvalue weighted by Gasteiger charge is -2.15. The third-order valence-electron chi connectivity index (χ3n) is 2.43. The molecule has 0 fully saturated rings. The van der Waals surface area contributed by atoms with Crippen LogP contribution in [0.15, 0.2) is 34.2 Å². The Balaban J connectivity index is 2.11. The van der Waals surface area contributed by atoms with Crippen molar-refractivity contribution in [3.63, 3.8) is 0 Å². The first kappa shape index (κ1) is 16.9. The Labute approximate surface area is 146 Å². The number of hydrogen-bond acceptors (Lipinski definition) is 5. The van der Waals surface area contributed by atoms with Crippen LogP contribution in [0.5, 0.6) is 5.75 Å². The molecule has 0 saturated heterocycles. The number of thiazole rings is 1. The summed E-state index contributed by atoms with van der Waals surface area (Å²) in [6.45, 7) is 3.80. The van der Waals surface area contributed by atoms with Gasteiger partial charge in [0.25, 0.3) is 5.91 Å². The summed E-state index contributed by atoms with van der Waals surface area (Å²) in [4.78, 5) is 16.4. The molecule has 2 aromatic rings. The molecule has 1 amide bonds.